The highest BCUT2D eigenvalue weighted by molar-refractivity contribution is 8.93. The molecule has 0 aromatic heterocycles. The Labute approximate surface area is 902 Å². The van der Waals surface area contributed by atoms with Crippen LogP contribution in [0.25, 0.3) is 12.2 Å². The number of rotatable bonds is 20. The molecule has 20 rings (SSSR count). The van der Waals surface area contributed by atoms with Crippen LogP contribution in [0.15, 0.2) is 107 Å². The summed E-state index contributed by atoms with van der Waals surface area (Å²) >= 11 is 0. The fourth-order valence-corrected chi connectivity index (χ4v) is 22.5. The van der Waals surface area contributed by atoms with Crippen molar-refractivity contribution in [2.24, 2.45) is 9.98 Å². The van der Waals surface area contributed by atoms with E-state index >= 15 is 0 Å². The number of fused-ring (bicyclic) bond motifs is 22. The fraction of sp³-hybridized carbons (Fsp3) is 0.598. The Kier molecular flexibility index (Phi) is 35.3. The second-order valence-corrected chi connectivity index (χ2v) is 47.8. The number of halogens is 4. The van der Waals surface area contributed by atoms with E-state index in [-0.39, 0.29) is 100 Å². The Balaban J connectivity index is 0.000000172. The standard InChI is InChI=1S/C44H66N6O3.C42H60N6O3.C31H36O5.4BrH/c1-43(2,3)33-27-31(15-9-19-47-23-13-25-49-21-11-17-45(7)41(47)49)37-35(29-33)39-52-38-32(28-34(44(4,5)6)30-36(38)40(51-37)53-39)16-10-20-48-24-14-26-50-22-12-18-46(8)42(48)50;1-41(2,3)31-25-29(13-7-17-45-21-11-23-47-19-9-15-43-39(45)47)35-33(27-31)37-50-36-30(26-32(42(4,5)6)28-34(36)38(49-35)51-37)14-8-18-46-22-12-24-48-20-10-16-44-40(46)48;1-18(2)10-11-19-14-21(30(3,4)5)16-23-26(19)34-29-24-17-22(31(6,7)8)15-20(12-13-25(32)33-9)27(24)35-28(23)36-29;;;;/h27-30,39-40H,9-26H2,1-8H3;25-28,37-38H,7-24H2,1-6H3;10-17,28-29H,1H2,2-9H3;4*1H/q+2;;;;;;/p-2/b;;11-10+,13-12+;;;;. The van der Waals surface area contributed by atoms with Crippen LogP contribution in [0, 0.1) is 0 Å². The zero-order valence-electron chi connectivity index (χ0n) is 90.3. The molecule has 0 saturated carbocycles. The van der Waals surface area contributed by atoms with Crippen LogP contribution in [0.5, 0.6) is 34.5 Å². The van der Waals surface area contributed by atoms with Gasteiger partial charge in [-0.1, -0.05) is 173 Å². The first-order valence-electron chi connectivity index (χ1n) is 53.0. The molecule has 0 amide bonds. The van der Waals surface area contributed by atoms with E-state index in [0.717, 1.165) is 246 Å². The number of hydrogen-bond acceptors (Lipinski definition) is 21. The molecule has 27 heteroatoms. The molecule has 4 saturated heterocycles. The summed E-state index contributed by atoms with van der Waals surface area (Å²) in [5, 5.41) is 0. The van der Waals surface area contributed by atoms with Gasteiger partial charge in [-0.15, -0.1) is 34.0 Å². The normalized spacial score (nSPS) is 21.3. The lowest BCUT2D eigenvalue weighted by atomic mass is 9.83. The number of aliphatic imine (C=N–C) groups is 2. The second kappa shape index (κ2) is 45.6. The van der Waals surface area contributed by atoms with Gasteiger partial charge in [-0.2, -0.15) is 0 Å². The number of carbonyl (C=O) groups is 1. The summed E-state index contributed by atoms with van der Waals surface area (Å²) in [5.74, 6) is 10.1. The molecular formula is C117H164Br4N12O11. The highest BCUT2D eigenvalue weighted by atomic mass is 79.9. The third kappa shape index (κ3) is 24.5. The lowest BCUT2D eigenvalue weighted by Gasteiger charge is -2.42. The van der Waals surface area contributed by atoms with Crippen LogP contribution in [0.1, 0.15) is 346 Å². The third-order valence-corrected chi connectivity index (χ3v) is 30.4. The average molecular weight is 2230 g/mol. The predicted molar refractivity (Wildman–Crippen MR) is 579 cm³/mol. The van der Waals surface area contributed by atoms with Crippen molar-refractivity contribution in [2.75, 3.05) is 152 Å². The van der Waals surface area contributed by atoms with Crippen molar-refractivity contribution in [3.8, 4) is 34.5 Å². The third-order valence-electron chi connectivity index (χ3n) is 30.4. The smallest absolute Gasteiger partial charge is 0.350 e. The van der Waals surface area contributed by atoms with Crippen LogP contribution in [0.3, 0.4) is 0 Å². The minimum Gasteiger partial charge on any atom is -1.00 e. The highest BCUT2D eigenvalue weighted by Gasteiger charge is 2.48. The highest BCUT2D eigenvalue weighted by Crippen LogP contribution is 2.57. The molecule has 6 unspecified atom stereocenters. The molecule has 14 aliphatic heterocycles. The number of guanidine groups is 4. The van der Waals surface area contributed by atoms with Gasteiger partial charge in [-0.05, 0) is 227 Å². The van der Waals surface area contributed by atoms with Crippen molar-refractivity contribution in [3.63, 3.8) is 0 Å². The quantitative estimate of drug-likeness (QED) is 0.0306. The lowest BCUT2D eigenvalue weighted by molar-refractivity contribution is -0.515. The molecule has 144 heavy (non-hydrogen) atoms. The fourth-order valence-electron chi connectivity index (χ4n) is 22.5. The van der Waals surface area contributed by atoms with E-state index in [9.17, 15) is 4.79 Å². The number of carbonyl (C=O) groups excluding carboxylic acids is 1. The minimum atomic E-state index is -0.642. The zero-order chi connectivity index (χ0) is 98.8. The van der Waals surface area contributed by atoms with E-state index in [2.05, 4.69) is 260 Å². The van der Waals surface area contributed by atoms with Crippen molar-refractivity contribution < 1.29 is 95.3 Å². The van der Waals surface area contributed by atoms with E-state index in [1.165, 1.54) is 159 Å². The van der Waals surface area contributed by atoms with Gasteiger partial charge in [-0.3, -0.25) is 52.9 Å². The van der Waals surface area contributed by atoms with E-state index in [1.807, 2.05) is 25.1 Å². The molecule has 6 aromatic rings. The van der Waals surface area contributed by atoms with Crippen molar-refractivity contribution in [1.29, 1.82) is 0 Å². The summed E-state index contributed by atoms with van der Waals surface area (Å²) in [6, 6.07) is 27.1. The number of benzene rings is 6. The number of methoxy groups -OCH3 is 1. The number of allylic oxidation sites excluding steroid dienone is 2. The predicted octanol–water partition coefficient (Wildman–Crippen LogP) is 16.4. The molecule has 14 aliphatic rings. The molecule has 0 aliphatic carbocycles. The molecule has 4 fully saturated rings. The van der Waals surface area contributed by atoms with Crippen LogP contribution < -0.4 is 62.4 Å². The van der Waals surface area contributed by atoms with E-state index in [0.29, 0.717) is 5.75 Å². The minimum absolute atomic E-state index is 0. The summed E-state index contributed by atoms with van der Waals surface area (Å²) < 4.78 is 70.3. The van der Waals surface area contributed by atoms with E-state index in [1.54, 1.807) is 6.08 Å². The number of esters is 1. The molecule has 0 spiro atoms. The van der Waals surface area contributed by atoms with Gasteiger partial charge in [-0.25, -0.2) is 4.79 Å². The lowest BCUT2D eigenvalue weighted by Crippen LogP contribution is -3.00. The van der Waals surface area contributed by atoms with Gasteiger partial charge in [0.1, 0.15) is 34.5 Å². The van der Waals surface area contributed by atoms with Crippen LogP contribution in [0.2, 0.25) is 0 Å². The number of hydrogen-bond donors (Lipinski definition) is 0. The maximum Gasteiger partial charge on any atom is 0.350 e. The molecule has 6 aromatic carbocycles. The zero-order valence-corrected chi connectivity index (χ0v) is 96.9. The first-order chi connectivity index (χ1) is 66.6. The molecule has 0 N–H and O–H groups in total. The van der Waals surface area contributed by atoms with Crippen LogP contribution >= 0.6 is 34.0 Å². The van der Waals surface area contributed by atoms with Crippen molar-refractivity contribution in [3.05, 3.63) is 197 Å². The van der Waals surface area contributed by atoms with E-state index < -0.39 is 43.7 Å². The largest absolute Gasteiger partial charge is 1.00 e. The molecule has 786 valence electrons. The van der Waals surface area contributed by atoms with Gasteiger partial charge in [0.2, 0.25) is 37.7 Å². The van der Waals surface area contributed by atoms with Gasteiger partial charge >= 0.3 is 17.9 Å². The number of ether oxygens (including phenoxy) is 10. The SMILES string of the molecule is Br.Br.C=C(C)/C=C/c1cc(C(C)(C)C)cc2c1OC1OC2Oc2c(/C=C/C(=O)OC)cc(C(C)(C)C)cc21.CC(C)(C)c1cc(CCCN2CCCN3CCCN=C32)c2c(c1)C1Oc3c(CCCN4CCCN5CCCN=C54)cc(C(C)(C)C)cc3C(O2)O1.C[N+]1=C2N(CCCc3cc(C(C)(C)C)cc4c3OC3OC4Oc4c(CCCN5CCCN6CCC[N+](C)=C56)cc(C(C)(C)C)cc43)CCCN2CCC1.[Br-].[Br-]. The number of nitrogens with zero attached hydrogens (tertiary/aromatic N) is 12. The topological polar surface area (TPSA) is 166 Å². The first-order valence-corrected chi connectivity index (χ1v) is 53.0. The summed E-state index contributed by atoms with van der Waals surface area (Å²) in [6.45, 7) is 68.6. The Hall–Kier alpha value is -8.31. The van der Waals surface area contributed by atoms with Gasteiger partial charge in [0, 0.05) is 108 Å². The van der Waals surface area contributed by atoms with Crippen LogP contribution in [-0.2, 0) is 81.9 Å². The molecular weight excluding hydrogens is 2070 g/mol. The number of aryl methyl sites for hydroxylation is 4. The van der Waals surface area contributed by atoms with E-state index in [4.69, 9.17) is 57.4 Å². The maximum atomic E-state index is 11.9. The van der Waals surface area contributed by atoms with Crippen molar-refractivity contribution in [2.45, 2.75) is 305 Å². The van der Waals surface area contributed by atoms with Gasteiger partial charge in [0.05, 0.1) is 120 Å². The van der Waals surface area contributed by atoms with Crippen molar-refractivity contribution in [1.82, 2.24) is 39.2 Å². The summed E-state index contributed by atoms with van der Waals surface area (Å²) in [7, 11) is 5.89. The summed E-state index contributed by atoms with van der Waals surface area (Å²) in [5.41, 5.74) is 20.7. The molecule has 0 radical (unpaired) electrons. The first kappa shape index (κ1) is 111. The molecule has 6 atom stereocenters. The van der Waals surface area contributed by atoms with Gasteiger partial charge in [0.25, 0.3) is 0 Å². The molecule has 14 heterocycles. The van der Waals surface area contributed by atoms with Gasteiger partial charge in [0.15, 0.2) is 11.9 Å². The Morgan fingerprint density at radius 3 is 0.917 bits per heavy atom. The van der Waals surface area contributed by atoms with Crippen LogP contribution in [0.4, 0.5) is 0 Å². The average Bonchev–Trinajstić information content (AvgIpc) is 0.738. The molecule has 6 bridgehead atoms. The maximum absolute atomic E-state index is 11.9. The summed E-state index contributed by atoms with van der Waals surface area (Å²) in [6.07, 6.45) is 21.7. The Morgan fingerprint density at radius 2 is 0.618 bits per heavy atom. The van der Waals surface area contributed by atoms with Gasteiger partial charge < -0.3 is 86.7 Å². The van der Waals surface area contributed by atoms with Crippen molar-refractivity contribution >= 4 is 75.9 Å². The second-order valence-electron chi connectivity index (χ2n) is 47.8. The van der Waals surface area contributed by atoms with Crippen LogP contribution in [-0.4, -0.2) is 230 Å². The Morgan fingerprint density at radius 1 is 0.361 bits per heavy atom. The Bertz CT molecular complexity index is 5600. The molecule has 23 nitrogen and oxygen atoms in total. The summed E-state index contributed by atoms with van der Waals surface area (Å²) in [4.78, 5) is 42.2. The monoisotopic (exact) mass is 2230 g/mol.